The molecule has 2 nitrogen and oxygen atoms in total. The van der Waals surface area contributed by atoms with Gasteiger partial charge in [-0.05, 0) is 46.2 Å². The van der Waals surface area contributed by atoms with Crippen molar-refractivity contribution in [1.82, 2.24) is 0 Å². The average Bonchev–Trinajstić information content (AvgIpc) is 2.19. The van der Waals surface area contributed by atoms with Crippen molar-refractivity contribution in [2.75, 3.05) is 0 Å². The first-order valence-electron chi connectivity index (χ1n) is 4.98. The topological polar surface area (TPSA) is 18.5 Å². The molecule has 1 rings (SSSR count). The molecule has 1 aliphatic heterocycles. The van der Waals surface area contributed by atoms with Crippen molar-refractivity contribution in [3.8, 4) is 0 Å². The van der Waals surface area contributed by atoms with Gasteiger partial charge in [0.05, 0.1) is 11.2 Å². The van der Waals surface area contributed by atoms with E-state index in [1.807, 2.05) is 27.7 Å². The van der Waals surface area contributed by atoms with E-state index in [2.05, 4.69) is 0 Å². The highest BCUT2D eigenvalue weighted by molar-refractivity contribution is 6.51. The molecule has 0 saturated carbocycles. The van der Waals surface area contributed by atoms with Crippen LogP contribution in [0, 0.1) is 0 Å². The van der Waals surface area contributed by atoms with Crippen molar-refractivity contribution >= 4 is 7.12 Å². The van der Waals surface area contributed by atoms with E-state index in [0.29, 0.717) is 0 Å². The molecule has 1 aliphatic rings. The Labute approximate surface area is 89.8 Å². The van der Waals surface area contributed by atoms with Crippen molar-refractivity contribution in [1.29, 1.82) is 0 Å². The maximum absolute atomic E-state index is 12.3. The third-order valence-corrected chi connectivity index (χ3v) is 3.01. The number of rotatable bonds is 2. The van der Waals surface area contributed by atoms with Gasteiger partial charge in [0, 0.05) is 0 Å². The molecule has 0 spiro atoms. The highest BCUT2D eigenvalue weighted by atomic mass is 19.3. The molecule has 0 aromatic heterocycles. The van der Waals surface area contributed by atoms with Gasteiger partial charge in [0.1, 0.15) is 0 Å². The van der Waals surface area contributed by atoms with E-state index < -0.39 is 24.7 Å². The van der Waals surface area contributed by atoms with Crippen LogP contribution in [0.5, 0.6) is 0 Å². The second kappa shape index (κ2) is 3.87. The summed E-state index contributed by atoms with van der Waals surface area (Å²) in [5, 5.41) is 0. The highest BCUT2D eigenvalue weighted by Gasteiger charge is 2.50. The number of allylic oxidation sites excluding steroid dienone is 1. The van der Waals surface area contributed by atoms with Crippen molar-refractivity contribution < 1.29 is 18.1 Å². The quantitative estimate of drug-likeness (QED) is 0.663. The first-order valence-corrected chi connectivity index (χ1v) is 4.98. The minimum absolute atomic E-state index is 0.0199. The van der Waals surface area contributed by atoms with Crippen LogP contribution in [0.25, 0.3) is 0 Å². The summed E-state index contributed by atoms with van der Waals surface area (Å²) in [7, 11) is -0.677. The molecule has 1 saturated heterocycles. The Morgan fingerprint density at radius 3 is 1.87 bits per heavy atom. The fraction of sp³-hybridized carbons (Fsp3) is 0.800. The molecule has 0 aromatic rings. The Bertz CT molecular complexity index is 259. The molecule has 0 bridgehead atoms. The maximum atomic E-state index is 12.3. The first-order chi connectivity index (χ1) is 6.66. The molecule has 5 heteroatoms. The Balaban J connectivity index is 2.76. The molecule has 0 amide bonds. The number of halogens is 2. The molecular formula is C10H17BF2O2. The summed E-state index contributed by atoms with van der Waals surface area (Å²) in [4.78, 5) is 0. The third kappa shape index (κ3) is 2.58. The van der Waals surface area contributed by atoms with Gasteiger partial charge in [-0.25, -0.2) is 8.78 Å². The van der Waals surface area contributed by atoms with Gasteiger partial charge in [-0.15, -0.1) is 0 Å². The minimum atomic E-state index is -2.45. The van der Waals surface area contributed by atoms with Crippen LogP contribution in [0.2, 0.25) is 0 Å². The van der Waals surface area contributed by atoms with Crippen molar-refractivity contribution in [2.24, 2.45) is 0 Å². The van der Waals surface area contributed by atoms with Crippen LogP contribution in [-0.2, 0) is 9.31 Å². The Morgan fingerprint density at radius 2 is 1.53 bits per heavy atom. The van der Waals surface area contributed by atoms with Gasteiger partial charge in [0.25, 0.3) is 6.43 Å². The van der Waals surface area contributed by atoms with Crippen LogP contribution in [0.4, 0.5) is 8.78 Å². The van der Waals surface area contributed by atoms with E-state index in [0.717, 1.165) is 0 Å². The summed E-state index contributed by atoms with van der Waals surface area (Å²) in [6, 6.07) is 0. The standard InChI is InChI=1S/C10H17BF2O2/c1-7(8(12)13)6-11-14-9(2,3)10(4,5)15-11/h6,8H,1-5H3/b7-6+. The lowest BCUT2D eigenvalue weighted by Crippen LogP contribution is -2.41. The zero-order chi connectivity index (χ0) is 11.9. The Morgan fingerprint density at radius 1 is 1.13 bits per heavy atom. The van der Waals surface area contributed by atoms with Crippen LogP contribution in [0.15, 0.2) is 11.5 Å². The number of hydrogen-bond acceptors (Lipinski definition) is 2. The largest absolute Gasteiger partial charge is 0.487 e. The SMILES string of the molecule is C/C(=C\B1OC(C)(C)C(C)(C)O1)C(F)F. The normalized spacial score (nSPS) is 25.1. The van der Waals surface area contributed by atoms with E-state index in [1.165, 1.54) is 12.9 Å². The fourth-order valence-corrected chi connectivity index (χ4v) is 1.24. The van der Waals surface area contributed by atoms with E-state index in [9.17, 15) is 8.78 Å². The van der Waals surface area contributed by atoms with Gasteiger partial charge in [-0.1, -0.05) is 0 Å². The van der Waals surface area contributed by atoms with Crippen LogP contribution >= 0.6 is 0 Å². The van der Waals surface area contributed by atoms with Gasteiger partial charge in [0.15, 0.2) is 0 Å². The van der Waals surface area contributed by atoms with E-state index in [1.54, 1.807) is 0 Å². The second-order valence-electron chi connectivity index (χ2n) is 4.84. The molecule has 15 heavy (non-hydrogen) atoms. The monoisotopic (exact) mass is 218 g/mol. The summed E-state index contributed by atoms with van der Waals surface area (Å²) >= 11 is 0. The Kier molecular flexibility index (Phi) is 3.26. The number of hydrogen-bond donors (Lipinski definition) is 0. The van der Waals surface area contributed by atoms with Gasteiger partial charge < -0.3 is 9.31 Å². The smallest absolute Gasteiger partial charge is 0.400 e. The molecule has 1 heterocycles. The fourth-order valence-electron chi connectivity index (χ4n) is 1.24. The Hall–Kier alpha value is -0.415. The summed E-state index contributed by atoms with van der Waals surface area (Å²) in [6.45, 7) is 8.92. The average molecular weight is 218 g/mol. The molecule has 0 unspecified atom stereocenters. The van der Waals surface area contributed by atoms with Gasteiger partial charge >= 0.3 is 7.12 Å². The van der Waals surface area contributed by atoms with Crippen molar-refractivity contribution in [2.45, 2.75) is 52.2 Å². The highest BCUT2D eigenvalue weighted by Crippen LogP contribution is 2.37. The molecular weight excluding hydrogens is 201 g/mol. The molecule has 0 atom stereocenters. The summed E-state index contributed by atoms with van der Waals surface area (Å²) in [5.41, 5.74) is -0.971. The maximum Gasteiger partial charge on any atom is 0.487 e. The zero-order valence-corrected chi connectivity index (χ0v) is 9.80. The van der Waals surface area contributed by atoms with Crippen LogP contribution < -0.4 is 0 Å². The third-order valence-electron chi connectivity index (χ3n) is 3.01. The van der Waals surface area contributed by atoms with E-state index in [-0.39, 0.29) is 5.57 Å². The van der Waals surface area contributed by atoms with Gasteiger partial charge in [-0.3, -0.25) is 0 Å². The van der Waals surface area contributed by atoms with E-state index in [4.69, 9.17) is 9.31 Å². The van der Waals surface area contributed by atoms with Crippen molar-refractivity contribution in [3.05, 3.63) is 11.5 Å². The minimum Gasteiger partial charge on any atom is -0.400 e. The molecule has 1 fully saturated rings. The van der Waals surface area contributed by atoms with Crippen LogP contribution in [0.1, 0.15) is 34.6 Å². The van der Waals surface area contributed by atoms with Crippen molar-refractivity contribution in [3.63, 3.8) is 0 Å². The lowest BCUT2D eigenvalue weighted by atomic mass is 9.87. The zero-order valence-electron chi connectivity index (χ0n) is 9.80. The van der Waals surface area contributed by atoms with Gasteiger partial charge in [0.2, 0.25) is 0 Å². The van der Waals surface area contributed by atoms with Gasteiger partial charge in [-0.2, -0.15) is 0 Å². The number of alkyl halides is 2. The molecule has 0 radical (unpaired) electrons. The molecule has 0 aliphatic carbocycles. The predicted molar refractivity (Wildman–Crippen MR) is 55.8 cm³/mol. The molecule has 0 N–H and O–H groups in total. The second-order valence-corrected chi connectivity index (χ2v) is 4.84. The van der Waals surface area contributed by atoms with Crippen LogP contribution in [0.3, 0.4) is 0 Å². The molecule has 0 aromatic carbocycles. The lowest BCUT2D eigenvalue weighted by Gasteiger charge is -2.32. The van der Waals surface area contributed by atoms with Crippen LogP contribution in [-0.4, -0.2) is 24.7 Å². The summed E-state index contributed by atoms with van der Waals surface area (Å²) in [6.07, 6.45) is -2.45. The predicted octanol–water partition coefficient (Wildman–Crippen LogP) is 2.83. The molecule has 86 valence electrons. The summed E-state index contributed by atoms with van der Waals surface area (Å²) in [5.74, 6) is 1.33. The van der Waals surface area contributed by atoms with E-state index >= 15 is 0 Å². The lowest BCUT2D eigenvalue weighted by molar-refractivity contribution is 0.00578. The first kappa shape index (κ1) is 12.7. The summed E-state index contributed by atoms with van der Waals surface area (Å²) < 4.78 is 35.7.